The summed E-state index contributed by atoms with van der Waals surface area (Å²) in [5.41, 5.74) is -1.57. The molecule has 0 aromatic heterocycles. The van der Waals surface area contributed by atoms with Gasteiger partial charge >= 0.3 is 0 Å². The minimum atomic E-state index is -1.57. The van der Waals surface area contributed by atoms with E-state index in [1.807, 2.05) is 7.05 Å². The number of hydrogen-bond donors (Lipinski definition) is 1. The highest BCUT2D eigenvalue weighted by atomic mass is 19.1. The molecule has 2 saturated carbocycles. The normalized spacial score (nSPS) is 36.3. The van der Waals surface area contributed by atoms with Crippen molar-refractivity contribution in [2.24, 2.45) is 11.8 Å². The Hall–Kier alpha value is -1.17. The van der Waals surface area contributed by atoms with Gasteiger partial charge in [-0.15, -0.1) is 0 Å². The van der Waals surface area contributed by atoms with Crippen LogP contribution in [-0.4, -0.2) is 66.0 Å². The first-order valence-corrected chi connectivity index (χ1v) is 8.46. The molecule has 122 valence electrons. The number of alkyl halides is 1. The van der Waals surface area contributed by atoms with Gasteiger partial charge in [0.15, 0.2) is 5.67 Å². The van der Waals surface area contributed by atoms with E-state index in [9.17, 15) is 14.0 Å². The van der Waals surface area contributed by atoms with Crippen molar-refractivity contribution in [2.75, 3.05) is 26.7 Å². The molecule has 1 N–H and O–H groups in total. The molecule has 0 bridgehead atoms. The summed E-state index contributed by atoms with van der Waals surface area (Å²) in [6.07, 6.45) is 3.99. The second kappa shape index (κ2) is 4.91. The first-order chi connectivity index (χ1) is 10.5. The zero-order chi connectivity index (χ0) is 15.5. The van der Waals surface area contributed by atoms with Gasteiger partial charge in [0.25, 0.3) is 5.91 Å². The molecule has 4 fully saturated rings. The molecule has 0 aromatic carbocycles. The van der Waals surface area contributed by atoms with Crippen molar-refractivity contribution in [3.05, 3.63) is 0 Å². The first-order valence-electron chi connectivity index (χ1n) is 8.46. The van der Waals surface area contributed by atoms with Gasteiger partial charge in [0.1, 0.15) is 0 Å². The third kappa shape index (κ3) is 2.41. The Kier molecular flexibility index (Phi) is 3.22. The predicted molar refractivity (Wildman–Crippen MR) is 78.8 cm³/mol. The molecule has 2 aliphatic heterocycles. The minimum Gasteiger partial charge on any atom is -0.354 e. The molecular weight excluding hydrogens is 285 g/mol. The number of nitrogens with zero attached hydrogens (tertiary/aromatic N) is 2. The van der Waals surface area contributed by atoms with Crippen LogP contribution in [0.5, 0.6) is 0 Å². The van der Waals surface area contributed by atoms with Crippen molar-refractivity contribution in [2.45, 2.75) is 49.9 Å². The molecule has 22 heavy (non-hydrogen) atoms. The molecule has 0 radical (unpaired) electrons. The van der Waals surface area contributed by atoms with Crippen LogP contribution in [0.3, 0.4) is 0 Å². The van der Waals surface area contributed by atoms with E-state index in [-0.39, 0.29) is 23.9 Å². The highest BCUT2D eigenvalue weighted by molar-refractivity contribution is 5.88. The van der Waals surface area contributed by atoms with Gasteiger partial charge in [-0.1, -0.05) is 0 Å². The molecule has 4 rings (SSSR count). The fourth-order valence-electron chi connectivity index (χ4n) is 3.98. The van der Waals surface area contributed by atoms with Crippen LogP contribution in [0.4, 0.5) is 4.39 Å². The van der Waals surface area contributed by atoms with Crippen LogP contribution in [0.15, 0.2) is 0 Å². The smallest absolute Gasteiger partial charge is 0.260 e. The van der Waals surface area contributed by atoms with Crippen LogP contribution in [-0.2, 0) is 9.59 Å². The van der Waals surface area contributed by atoms with Crippen LogP contribution in [0.2, 0.25) is 0 Å². The van der Waals surface area contributed by atoms with E-state index >= 15 is 0 Å². The highest BCUT2D eigenvalue weighted by Crippen LogP contribution is 2.44. The number of nitrogens with one attached hydrogen (secondary N) is 1. The Morgan fingerprint density at radius 1 is 1.27 bits per heavy atom. The SMILES string of the molecule is CN1[C@@H]2CN(C(=O)C3(F)CC3)C[C@@H]2C[C@H]1C(=O)NCC1CC1. The third-order valence-electron chi connectivity index (χ3n) is 5.87. The van der Waals surface area contributed by atoms with Crippen molar-refractivity contribution >= 4 is 11.8 Å². The van der Waals surface area contributed by atoms with Gasteiger partial charge < -0.3 is 10.2 Å². The number of carbonyl (C=O) groups is 2. The van der Waals surface area contributed by atoms with Gasteiger partial charge in [0, 0.05) is 25.7 Å². The van der Waals surface area contributed by atoms with Crippen LogP contribution in [0.25, 0.3) is 0 Å². The number of likely N-dealkylation sites (N-methyl/N-ethyl adjacent to an activating group) is 1. The lowest BCUT2D eigenvalue weighted by atomic mass is 10.0. The first kappa shape index (κ1) is 14.4. The number of hydrogen-bond acceptors (Lipinski definition) is 3. The summed E-state index contributed by atoms with van der Waals surface area (Å²) in [5.74, 6) is 0.770. The summed E-state index contributed by atoms with van der Waals surface area (Å²) in [7, 11) is 1.96. The van der Waals surface area contributed by atoms with Crippen LogP contribution in [0.1, 0.15) is 32.1 Å². The molecule has 0 aromatic rings. The summed E-state index contributed by atoms with van der Waals surface area (Å²) in [4.78, 5) is 28.2. The van der Waals surface area contributed by atoms with Crippen LogP contribution in [0, 0.1) is 11.8 Å². The molecule has 3 atom stereocenters. The van der Waals surface area contributed by atoms with E-state index in [2.05, 4.69) is 10.2 Å². The highest BCUT2D eigenvalue weighted by Gasteiger charge is 2.56. The maximum Gasteiger partial charge on any atom is 0.260 e. The van der Waals surface area contributed by atoms with Crippen LogP contribution >= 0.6 is 0 Å². The van der Waals surface area contributed by atoms with Gasteiger partial charge in [-0.25, -0.2) is 4.39 Å². The predicted octanol–water partition coefficient (Wildman–Crippen LogP) is 0.546. The number of halogens is 1. The minimum absolute atomic E-state index is 0.0914. The standard InChI is InChI=1S/C16H24FN3O2/c1-19-12(14(21)18-7-10-2-3-10)6-11-8-20(9-13(11)19)15(22)16(17)4-5-16/h10-13H,2-9H2,1H3,(H,18,21)/t11-,12-,13+/m0/s1. The monoisotopic (exact) mass is 309 g/mol. The van der Waals surface area contributed by atoms with Crippen molar-refractivity contribution in [3.8, 4) is 0 Å². The molecule has 4 aliphatic rings. The van der Waals surface area contributed by atoms with Crippen molar-refractivity contribution < 1.29 is 14.0 Å². The second-order valence-corrected chi connectivity index (χ2v) is 7.61. The van der Waals surface area contributed by atoms with Crippen LogP contribution < -0.4 is 5.32 Å². The van der Waals surface area contributed by atoms with Crippen molar-refractivity contribution in [1.82, 2.24) is 15.1 Å². The summed E-state index contributed by atoms with van der Waals surface area (Å²) in [6, 6.07) is 0.106. The van der Waals surface area contributed by atoms with Crippen molar-refractivity contribution in [3.63, 3.8) is 0 Å². The van der Waals surface area contributed by atoms with E-state index in [0.29, 0.717) is 37.8 Å². The van der Waals surface area contributed by atoms with E-state index in [4.69, 9.17) is 0 Å². The Morgan fingerprint density at radius 3 is 2.59 bits per heavy atom. The second-order valence-electron chi connectivity index (χ2n) is 7.61. The Labute approximate surface area is 130 Å². The summed E-state index contributed by atoms with van der Waals surface area (Å²) in [6.45, 7) is 1.97. The average molecular weight is 309 g/mol. The summed E-state index contributed by atoms with van der Waals surface area (Å²) >= 11 is 0. The molecule has 2 heterocycles. The number of amides is 2. The topological polar surface area (TPSA) is 52.7 Å². The molecule has 0 unspecified atom stereocenters. The van der Waals surface area contributed by atoms with Gasteiger partial charge in [0.2, 0.25) is 5.91 Å². The molecule has 2 amide bonds. The summed E-state index contributed by atoms with van der Waals surface area (Å²) < 4.78 is 13.9. The number of likely N-dealkylation sites (tertiary alicyclic amines) is 2. The maximum atomic E-state index is 13.9. The molecule has 6 heteroatoms. The van der Waals surface area contributed by atoms with Gasteiger partial charge in [-0.2, -0.15) is 0 Å². The molecular formula is C16H24FN3O2. The van der Waals surface area contributed by atoms with E-state index in [1.165, 1.54) is 12.8 Å². The van der Waals surface area contributed by atoms with Gasteiger partial charge in [-0.05, 0) is 51.0 Å². The van der Waals surface area contributed by atoms with Crippen molar-refractivity contribution in [1.29, 1.82) is 0 Å². The lowest BCUT2D eigenvalue weighted by Gasteiger charge is -2.26. The molecule has 2 saturated heterocycles. The largest absolute Gasteiger partial charge is 0.354 e. The number of rotatable bonds is 4. The van der Waals surface area contributed by atoms with E-state index < -0.39 is 5.67 Å². The van der Waals surface area contributed by atoms with E-state index in [0.717, 1.165) is 13.0 Å². The Bertz CT molecular complexity index is 504. The lowest BCUT2D eigenvalue weighted by molar-refractivity contribution is -0.137. The number of fused-ring (bicyclic) bond motifs is 1. The maximum absolute atomic E-state index is 13.9. The zero-order valence-corrected chi connectivity index (χ0v) is 13.1. The fraction of sp³-hybridized carbons (Fsp3) is 0.875. The quantitative estimate of drug-likeness (QED) is 0.825. The van der Waals surface area contributed by atoms with Gasteiger partial charge in [0.05, 0.1) is 6.04 Å². The third-order valence-corrected chi connectivity index (χ3v) is 5.87. The van der Waals surface area contributed by atoms with E-state index in [1.54, 1.807) is 4.90 Å². The zero-order valence-electron chi connectivity index (χ0n) is 13.1. The lowest BCUT2D eigenvalue weighted by Crippen LogP contribution is -2.47. The molecule has 5 nitrogen and oxygen atoms in total. The Morgan fingerprint density at radius 2 is 2.00 bits per heavy atom. The Balaban J connectivity index is 1.34. The van der Waals surface area contributed by atoms with Gasteiger partial charge in [-0.3, -0.25) is 14.5 Å². The average Bonchev–Trinajstić information content (AvgIpc) is 3.39. The number of carbonyl (C=O) groups excluding carboxylic acids is 2. The molecule has 0 spiro atoms. The molecule has 2 aliphatic carbocycles. The summed E-state index contributed by atoms with van der Waals surface area (Å²) in [5, 5.41) is 3.05. The fourth-order valence-corrected chi connectivity index (χ4v) is 3.98.